The lowest BCUT2D eigenvalue weighted by atomic mass is 10.0. The van der Waals surface area contributed by atoms with Crippen LogP contribution in [-0.4, -0.2) is 12.6 Å². The molecule has 66 valence electrons. The zero-order valence-electron chi connectivity index (χ0n) is 7.23. The lowest BCUT2D eigenvalue weighted by molar-refractivity contribution is 0.560. The molecule has 0 saturated carbocycles. The Kier molecular flexibility index (Phi) is 2.11. The van der Waals surface area contributed by atoms with E-state index in [4.69, 9.17) is 0 Å². The van der Waals surface area contributed by atoms with Crippen LogP contribution in [0.25, 0.3) is 0 Å². The normalized spacial score (nSPS) is 14.6. The minimum absolute atomic E-state index is 0.812. The minimum Gasteiger partial charge on any atom is -0.254 e. The summed E-state index contributed by atoms with van der Waals surface area (Å²) in [6, 6.07) is 8.02. The predicted molar refractivity (Wildman–Crippen MR) is 50.2 cm³/mol. The molecule has 0 atom stereocenters. The first kappa shape index (κ1) is 8.02. The number of hydrazone groups is 1. The summed E-state index contributed by atoms with van der Waals surface area (Å²) in [5.74, 6) is 0. The minimum atomic E-state index is 0.812. The molecule has 1 aromatic rings. The molecule has 0 aliphatic carbocycles. The Balaban J connectivity index is 2.42. The van der Waals surface area contributed by atoms with Gasteiger partial charge < -0.3 is 0 Å². The first-order valence-electron chi connectivity index (χ1n) is 4.35. The Labute approximate surface area is 76.7 Å². The molecule has 2 rings (SSSR count). The van der Waals surface area contributed by atoms with Gasteiger partial charge in [0.2, 0.25) is 0 Å². The van der Waals surface area contributed by atoms with Gasteiger partial charge in [0.25, 0.3) is 6.08 Å². The molecule has 1 aliphatic rings. The Morgan fingerprint density at radius 2 is 2.23 bits per heavy atom. The molecule has 1 aliphatic heterocycles. The van der Waals surface area contributed by atoms with Gasteiger partial charge in [-0.1, -0.05) is 23.3 Å². The summed E-state index contributed by atoms with van der Waals surface area (Å²) in [6.07, 6.45) is 3.69. The van der Waals surface area contributed by atoms with Gasteiger partial charge in [-0.25, -0.2) is 4.79 Å². The highest BCUT2D eigenvalue weighted by Gasteiger charge is 2.14. The number of hydrogen-bond donors (Lipinski definition) is 0. The highest BCUT2D eigenvalue weighted by atomic mass is 16.1. The highest BCUT2D eigenvalue weighted by molar-refractivity contribution is 5.56. The molecular weight excluding hydrogens is 164 g/mol. The monoisotopic (exact) mass is 174 g/mol. The quantitative estimate of drug-likeness (QED) is 0.479. The topological polar surface area (TPSA) is 32.7 Å². The van der Waals surface area contributed by atoms with Crippen molar-refractivity contribution >= 4 is 11.8 Å². The van der Waals surface area contributed by atoms with Crippen molar-refractivity contribution < 1.29 is 4.79 Å². The number of anilines is 1. The Bertz CT molecular complexity index is 356. The van der Waals surface area contributed by atoms with Crippen LogP contribution in [0.1, 0.15) is 12.0 Å². The zero-order valence-corrected chi connectivity index (χ0v) is 7.23. The fourth-order valence-corrected chi connectivity index (χ4v) is 1.67. The number of fused-ring (bicyclic) bond motifs is 1. The third kappa shape index (κ3) is 1.46. The number of benzene rings is 1. The number of hydrogen-bond acceptors (Lipinski definition) is 3. The molecule has 0 N–H and O–H groups in total. The molecule has 0 saturated heterocycles. The standard InChI is InChI=1S/C10H10N2O/c13-8-11-12-7-3-5-9-4-1-2-6-10(9)12/h1-2,4,6H,3,5,7H2. The SMILES string of the molecule is O=C=NN1CCCc2ccccc21. The second-order valence-electron chi connectivity index (χ2n) is 3.05. The maximum Gasteiger partial charge on any atom is 0.258 e. The first-order chi connectivity index (χ1) is 6.42. The molecule has 0 fully saturated rings. The number of nitrogens with zero attached hydrogens (tertiary/aromatic N) is 2. The van der Waals surface area contributed by atoms with E-state index in [9.17, 15) is 4.79 Å². The van der Waals surface area contributed by atoms with Crippen molar-refractivity contribution in [3.63, 3.8) is 0 Å². The fraction of sp³-hybridized carbons (Fsp3) is 0.300. The van der Waals surface area contributed by atoms with Crippen molar-refractivity contribution in [3.05, 3.63) is 29.8 Å². The van der Waals surface area contributed by atoms with E-state index in [1.807, 2.05) is 18.2 Å². The van der Waals surface area contributed by atoms with Gasteiger partial charge in [-0.15, -0.1) is 0 Å². The summed E-state index contributed by atoms with van der Waals surface area (Å²) in [7, 11) is 0. The van der Waals surface area contributed by atoms with Gasteiger partial charge in [0.1, 0.15) is 0 Å². The van der Waals surface area contributed by atoms with Gasteiger partial charge >= 0.3 is 0 Å². The number of carbonyl (C=O) groups excluding carboxylic acids is 1. The first-order valence-corrected chi connectivity index (χ1v) is 4.35. The lowest BCUT2D eigenvalue weighted by Crippen LogP contribution is -2.23. The molecule has 0 unspecified atom stereocenters. The van der Waals surface area contributed by atoms with E-state index in [-0.39, 0.29) is 0 Å². The number of para-hydroxylation sites is 1. The molecular formula is C10H10N2O. The van der Waals surface area contributed by atoms with Crippen LogP contribution in [0, 0.1) is 0 Å². The van der Waals surface area contributed by atoms with Gasteiger partial charge in [0.05, 0.1) is 5.69 Å². The lowest BCUT2D eigenvalue weighted by Gasteiger charge is -2.24. The van der Waals surface area contributed by atoms with Crippen LogP contribution in [-0.2, 0) is 11.2 Å². The van der Waals surface area contributed by atoms with Crippen LogP contribution in [0.2, 0.25) is 0 Å². The molecule has 0 bridgehead atoms. The Morgan fingerprint density at radius 1 is 1.38 bits per heavy atom. The largest absolute Gasteiger partial charge is 0.258 e. The average molecular weight is 174 g/mol. The van der Waals surface area contributed by atoms with Gasteiger partial charge in [0.15, 0.2) is 0 Å². The molecule has 0 spiro atoms. The maximum absolute atomic E-state index is 10.1. The van der Waals surface area contributed by atoms with Crippen molar-refractivity contribution in [3.8, 4) is 0 Å². The highest BCUT2D eigenvalue weighted by Crippen LogP contribution is 2.26. The number of rotatable bonds is 1. The third-order valence-corrected chi connectivity index (χ3v) is 2.25. The van der Waals surface area contributed by atoms with E-state index in [1.165, 1.54) is 5.56 Å². The van der Waals surface area contributed by atoms with Crippen molar-refractivity contribution in [1.82, 2.24) is 0 Å². The molecule has 0 aromatic heterocycles. The van der Waals surface area contributed by atoms with E-state index in [2.05, 4.69) is 11.2 Å². The summed E-state index contributed by atoms with van der Waals surface area (Å²) < 4.78 is 0. The van der Waals surface area contributed by atoms with Crippen LogP contribution >= 0.6 is 0 Å². The van der Waals surface area contributed by atoms with E-state index < -0.39 is 0 Å². The molecule has 3 nitrogen and oxygen atoms in total. The molecule has 13 heavy (non-hydrogen) atoms. The van der Waals surface area contributed by atoms with Gasteiger partial charge in [-0.3, -0.25) is 5.01 Å². The predicted octanol–water partition coefficient (Wildman–Crippen LogP) is 1.69. The average Bonchev–Trinajstić information content (AvgIpc) is 2.19. The molecule has 1 aromatic carbocycles. The summed E-state index contributed by atoms with van der Waals surface area (Å²) in [5, 5.41) is 5.37. The van der Waals surface area contributed by atoms with Crippen LogP contribution in [0.15, 0.2) is 29.4 Å². The fourth-order valence-electron chi connectivity index (χ4n) is 1.67. The smallest absolute Gasteiger partial charge is 0.254 e. The van der Waals surface area contributed by atoms with E-state index in [1.54, 1.807) is 11.1 Å². The van der Waals surface area contributed by atoms with Crippen molar-refractivity contribution in [2.75, 3.05) is 11.6 Å². The Hall–Kier alpha value is -1.60. The van der Waals surface area contributed by atoms with Gasteiger partial charge in [-0.2, -0.15) is 0 Å². The molecule has 1 heterocycles. The second kappa shape index (κ2) is 3.42. The van der Waals surface area contributed by atoms with Crippen LogP contribution in [0.3, 0.4) is 0 Å². The van der Waals surface area contributed by atoms with E-state index in [0.29, 0.717) is 0 Å². The van der Waals surface area contributed by atoms with Gasteiger partial charge in [-0.05, 0) is 24.5 Å². The number of isocyanates is 1. The van der Waals surface area contributed by atoms with E-state index >= 15 is 0 Å². The second-order valence-corrected chi connectivity index (χ2v) is 3.05. The summed E-state index contributed by atoms with van der Waals surface area (Å²) >= 11 is 0. The maximum atomic E-state index is 10.1. The van der Waals surface area contributed by atoms with Crippen LogP contribution < -0.4 is 5.01 Å². The van der Waals surface area contributed by atoms with Crippen LogP contribution in [0.5, 0.6) is 0 Å². The summed E-state index contributed by atoms with van der Waals surface area (Å²) in [4.78, 5) is 10.1. The zero-order chi connectivity index (χ0) is 9.10. The van der Waals surface area contributed by atoms with Crippen LogP contribution in [0.4, 0.5) is 5.69 Å². The summed E-state index contributed by atoms with van der Waals surface area (Å²) in [6.45, 7) is 0.812. The molecule has 3 heteroatoms. The van der Waals surface area contributed by atoms with Crippen molar-refractivity contribution in [2.24, 2.45) is 5.10 Å². The number of aryl methyl sites for hydroxylation is 1. The third-order valence-electron chi connectivity index (χ3n) is 2.25. The Morgan fingerprint density at radius 3 is 3.08 bits per heavy atom. The van der Waals surface area contributed by atoms with Crippen molar-refractivity contribution in [1.29, 1.82) is 0 Å². The van der Waals surface area contributed by atoms with Crippen molar-refractivity contribution in [2.45, 2.75) is 12.8 Å². The summed E-state index contributed by atoms with van der Waals surface area (Å²) in [5.41, 5.74) is 2.30. The molecule has 0 radical (unpaired) electrons. The molecule has 0 amide bonds. The van der Waals surface area contributed by atoms with E-state index in [0.717, 1.165) is 25.1 Å². The van der Waals surface area contributed by atoms with Gasteiger partial charge in [0, 0.05) is 6.54 Å².